The molecule has 1 fully saturated rings. The van der Waals surface area contributed by atoms with Crippen LogP contribution in [0.2, 0.25) is 0 Å². The third kappa shape index (κ3) is 1.68. The first-order valence-electron chi connectivity index (χ1n) is 3.09. The summed E-state index contributed by atoms with van der Waals surface area (Å²) in [4.78, 5) is 10.8. The van der Waals surface area contributed by atoms with E-state index in [1.807, 2.05) is 0 Å². The minimum Gasteiger partial charge on any atom is -0.350 e. The van der Waals surface area contributed by atoms with Crippen molar-refractivity contribution in [1.29, 1.82) is 0 Å². The fraction of sp³-hybridized carbons (Fsp3) is 0.833. The van der Waals surface area contributed by atoms with E-state index in [0.29, 0.717) is 6.61 Å². The van der Waals surface area contributed by atoms with Crippen LogP contribution in [0.3, 0.4) is 0 Å². The standard InChI is InChI=1S/C6H9ClO3/c1-4-9-3-6(10-4)5(8)2-7/h4,6H,2-3H2,1H3. The third-order valence-corrected chi connectivity index (χ3v) is 1.59. The summed E-state index contributed by atoms with van der Waals surface area (Å²) in [5, 5.41) is 0. The maximum absolute atomic E-state index is 10.8. The fourth-order valence-electron chi connectivity index (χ4n) is 0.788. The lowest BCUT2D eigenvalue weighted by molar-refractivity contribution is -0.127. The van der Waals surface area contributed by atoms with E-state index in [2.05, 4.69) is 0 Å². The fourth-order valence-corrected chi connectivity index (χ4v) is 0.960. The minimum atomic E-state index is -0.438. The quantitative estimate of drug-likeness (QED) is 0.560. The normalized spacial score (nSPS) is 32.6. The molecule has 0 aliphatic carbocycles. The zero-order valence-electron chi connectivity index (χ0n) is 5.67. The van der Waals surface area contributed by atoms with E-state index in [1.54, 1.807) is 6.92 Å². The van der Waals surface area contributed by atoms with Crippen LogP contribution in [0, 0.1) is 0 Å². The van der Waals surface area contributed by atoms with Crippen molar-refractivity contribution in [2.24, 2.45) is 0 Å². The van der Waals surface area contributed by atoms with Crippen molar-refractivity contribution >= 4 is 17.4 Å². The number of ketones is 1. The van der Waals surface area contributed by atoms with Gasteiger partial charge in [0.15, 0.2) is 12.1 Å². The van der Waals surface area contributed by atoms with Crippen molar-refractivity contribution in [3.05, 3.63) is 0 Å². The molecule has 1 aliphatic rings. The van der Waals surface area contributed by atoms with E-state index in [-0.39, 0.29) is 18.0 Å². The molecule has 3 nitrogen and oxygen atoms in total. The molecular weight excluding hydrogens is 156 g/mol. The second-order valence-corrected chi connectivity index (χ2v) is 2.39. The van der Waals surface area contributed by atoms with Gasteiger partial charge in [0.2, 0.25) is 0 Å². The SMILES string of the molecule is CC1OCC(C(=O)CCl)O1. The highest BCUT2D eigenvalue weighted by molar-refractivity contribution is 6.28. The number of rotatable bonds is 2. The summed E-state index contributed by atoms with van der Waals surface area (Å²) in [6.45, 7) is 2.09. The molecule has 0 spiro atoms. The van der Waals surface area contributed by atoms with Gasteiger partial charge in [0.1, 0.15) is 6.10 Å². The summed E-state index contributed by atoms with van der Waals surface area (Å²) in [6.07, 6.45) is -0.704. The van der Waals surface area contributed by atoms with Crippen molar-refractivity contribution in [2.45, 2.75) is 19.3 Å². The van der Waals surface area contributed by atoms with Crippen molar-refractivity contribution in [1.82, 2.24) is 0 Å². The van der Waals surface area contributed by atoms with Gasteiger partial charge in [-0.2, -0.15) is 0 Å². The van der Waals surface area contributed by atoms with Crippen molar-refractivity contribution < 1.29 is 14.3 Å². The first kappa shape index (κ1) is 7.98. The summed E-state index contributed by atoms with van der Waals surface area (Å²) in [5.41, 5.74) is 0. The second-order valence-electron chi connectivity index (χ2n) is 2.13. The third-order valence-electron chi connectivity index (χ3n) is 1.33. The smallest absolute Gasteiger partial charge is 0.178 e. The van der Waals surface area contributed by atoms with Crippen LogP contribution in [0.4, 0.5) is 0 Å². The molecule has 0 N–H and O–H groups in total. The zero-order chi connectivity index (χ0) is 7.56. The Labute approximate surface area is 64.3 Å². The summed E-state index contributed by atoms with van der Waals surface area (Å²) in [6, 6.07) is 0. The van der Waals surface area contributed by atoms with Crippen LogP contribution in [0.15, 0.2) is 0 Å². The van der Waals surface area contributed by atoms with Crippen LogP contribution in [-0.4, -0.2) is 30.7 Å². The summed E-state index contributed by atoms with van der Waals surface area (Å²) >= 11 is 5.29. The van der Waals surface area contributed by atoms with Crippen LogP contribution in [0.1, 0.15) is 6.92 Å². The lowest BCUT2D eigenvalue weighted by atomic mass is 10.3. The van der Waals surface area contributed by atoms with E-state index in [4.69, 9.17) is 21.1 Å². The average molecular weight is 165 g/mol. The average Bonchev–Trinajstić information content (AvgIpc) is 2.34. The van der Waals surface area contributed by atoms with Gasteiger partial charge in [0, 0.05) is 0 Å². The van der Waals surface area contributed by atoms with E-state index in [9.17, 15) is 4.79 Å². The Hall–Kier alpha value is -0.120. The van der Waals surface area contributed by atoms with Crippen molar-refractivity contribution in [2.75, 3.05) is 12.5 Å². The van der Waals surface area contributed by atoms with Gasteiger partial charge in [0.05, 0.1) is 12.5 Å². The van der Waals surface area contributed by atoms with Crippen molar-refractivity contribution in [3.63, 3.8) is 0 Å². The topological polar surface area (TPSA) is 35.5 Å². The molecule has 1 rings (SSSR count). The Balaban J connectivity index is 2.37. The predicted molar refractivity (Wildman–Crippen MR) is 36.0 cm³/mol. The molecule has 0 aromatic rings. The van der Waals surface area contributed by atoms with E-state index in [0.717, 1.165) is 0 Å². The van der Waals surface area contributed by atoms with Crippen LogP contribution < -0.4 is 0 Å². The summed E-state index contributed by atoms with van der Waals surface area (Å²) in [7, 11) is 0. The van der Waals surface area contributed by atoms with Gasteiger partial charge in [-0.15, -0.1) is 11.6 Å². The molecule has 10 heavy (non-hydrogen) atoms. The lowest BCUT2D eigenvalue weighted by Gasteiger charge is -2.03. The number of hydrogen-bond acceptors (Lipinski definition) is 3. The van der Waals surface area contributed by atoms with E-state index >= 15 is 0 Å². The largest absolute Gasteiger partial charge is 0.350 e. The number of Topliss-reactive ketones (excluding diaryl/α,β-unsaturated/α-hetero) is 1. The molecule has 0 bridgehead atoms. The highest BCUT2D eigenvalue weighted by atomic mass is 35.5. The number of hydrogen-bond donors (Lipinski definition) is 0. The molecule has 1 aliphatic heterocycles. The molecular formula is C6H9ClO3. The number of carbonyl (C=O) groups excluding carboxylic acids is 1. The van der Waals surface area contributed by atoms with E-state index < -0.39 is 6.10 Å². The maximum atomic E-state index is 10.8. The van der Waals surface area contributed by atoms with Gasteiger partial charge in [0.25, 0.3) is 0 Å². The molecule has 58 valence electrons. The molecule has 4 heteroatoms. The Morgan fingerprint density at radius 3 is 2.90 bits per heavy atom. The van der Waals surface area contributed by atoms with Crippen molar-refractivity contribution in [3.8, 4) is 0 Å². The first-order valence-corrected chi connectivity index (χ1v) is 3.63. The van der Waals surface area contributed by atoms with Crippen LogP contribution in [0.5, 0.6) is 0 Å². The van der Waals surface area contributed by atoms with Crippen LogP contribution in [0.25, 0.3) is 0 Å². The van der Waals surface area contributed by atoms with E-state index in [1.165, 1.54) is 0 Å². The maximum Gasteiger partial charge on any atom is 0.178 e. The molecule has 2 unspecified atom stereocenters. The first-order chi connectivity index (χ1) is 4.74. The molecule has 1 heterocycles. The number of ether oxygens (including phenoxy) is 2. The Kier molecular flexibility index (Phi) is 2.65. The molecule has 0 amide bonds. The highest BCUT2D eigenvalue weighted by Gasteiger charge is 2.27. The monoisotopic (exact) mass is 164 g/mol. The molecule has 0 radical (unpaired) electrons. The zero-order valence-corrected chi connectivity index (χ0v) is 6.43. The molecule has 1 saturated heterocycles. The second kappa shape index (κ2) is 3.32. The van der Waals surface area contributed by atoms with Crippen LogP contribution in [-0.2, 0) is 14.3 Å². The van der Waals surface area contributed by atoms with Gasteiger partial charge < -0.3 is 9.47 Å². The number of carbonyl (C=O) groups is 1. The van der Waals surface area contributed by atoms with Gasteiger partial charge in [-0.1, -0.05) is 0 Å². The van der Waals surface area contributed by atoms with Crippen LogP contribution >= 0.6 is 11.6 Å². The molecule has 0 aromatic carbocycles. The number of halogens is 1. The summed E-state index contributed by atoms with van der Waals surface area (Å²) in [5.74, 6) is -0.105. The summed E-state index contributed by atoms with van der Waals surface area (Å²) < 4.78 is 10.0. The van der Waals surface area contributed by atoms with Gasteiger partial charge in [-0.3, -0.25) is 4.79 Å². The Morgan fingerprint density at radius 1 is 1.80 bits per heavy atom. The minimum absolute atomic E-state index is 0.000741. The predicted octanol–water partition coefficient (Wildman–Crippen LogP) is 0.556. The molecule has 0 saturated carbocycles. The molecule has 2 atom stereocenters. The lowest BCUT2D eigenvalue weighted by Crippen LogP contribution is -2.24. The Bertz CT molecular complexity index is 137. The molecule has 0 aromatic heterocycles. The van der Waals surface area contributed by atoms with Gasteiger partial charge in [-0.05, 0) is 6.92 Å². The van der Waals surface area contributed by atoms with Gasteiger partial charge in [-0.25, -0.2) is 0 Å². The van der Waals surface area contributed by atoms with Gasteiger partial charge >= 0.3 is 0 Å². The number of alkyl halides is 1. The highest BCUT2D eigenvalue weighted by Crippen LogP contribution is 2.11. The Morgan fingerprint density at radius 2 is 2.50 bits per heavy atom.